The van der Waals surface area contributed by atoms with Crippen LogP contribution in [0.15, 0.2) is 152 Å². The van der Waals surface area contributed by atoms with Crippen molar-refractivity contribution in [3.8, 4) is 39.7 Å². The van der Waals surface area contributed by atoms with Crippen LogP contribution in [0.25, 0.3) is 86.9 Å². The third-order valence-corrected chi connectivity index (χ3v) is 9.58. The summed E-state index contributed by atoms with van der Waals surface area (Å²) in [4.78, 5) is 7.64. The first-order chi connectivity index (χ1) is 24.7. The number of para-hydroxylation sites is 3. The van der Waals surface area contributed by atoms with E-state index in [0.29, 0.717) is 16.9 Å². The van der Waals surface area contributed by atoms with Crippen molar-refractivity contribution >= 4 is 55.0 Å². The van der Waals surface area contributed by atoms with Gasteiger partial charge in [-0.3, -0.25) is 0 Å². The molecule has 0 radical (unpaired) electrons. The number of rotatable bonds is 4. The molecule has 0 unspecified atom stereocenters. The Morgan fingerprint density at radius 3 is 1.94 bits per heavy atom. The fourth-order valence-electron chi connectivity index (χ4n) is 7.35. The van der Waals surface area contributed by atoms with Crippen LogP contribution in [0, 0.1) is 24.5 Å². The van der Waals surface area contributed by atoms with Gasteiger partial charge in [-0.1, -0.05) is 97.1 Å². The SMILES string of the molecule is [C-]#[N+]c1ccc(-c2cccc(-c3ccc(-n4c5ccccc5c5cccc([N+]#[C-])c54)cc3)c2)c(-n2c3ccccc3c3cc(C#N)ccc32)c1. The van der Waals surface area contributed by atoms with Gasteiger partial charge >= 0.3 is 0 Å². The highest BCUT2D eigenvalue weighted by Gasteiger charge is 2.18. The largest absolute Gasteiger partial charge is 0.319 e. The minimum absolute atomic E-state index is 0.557. The third-order valence-electron chi connectivity index (χ3n) is 9.58. The monoisotopic (exact) mass is 635 g/mol. The van der Waals surface area contributed by atoms with E-state index in [-0.39, 0.29) is 0 Å². The number of hydrogen-bond acceptors (Lipinski definition) is 1. The van der Waals surface area contributed by atoms with E-state index in [0.717, 1.165) is 77.2 Å². The molecule has 0 bridgehead atoms. The van der Waals surface area contributed by atoms with Crippen LogP contribution in [0.1, 0.15) is 5.56 Å². The van der Waals surface area contributed by atoms with Crippen LogP contribution in [0.5, 0.6) is 0 Å². The topological polar surface area (TPSA) is 42.4 Å². The number of hydrogen-bond donors (Lipinski definition) is 0. The molecule has 5 nitrogen and oxygen atoms in total. The van der Waals surface area contributed by atoms with Gasteiger partial charge in [0.25, 0.3) is 0 Å². The van der Waals surface area contributed by atoms with Gasteiger partial charge in [-0.15, -0.1) is 0 Å². The lowest BCUT2D eigenvalue weighted by atomic mass is 9.97. The van der Waals surface area contributed by atoms with Crippen molar-refractivity contribution in [1.29, 1.82) is 5.26 Å². The Balaban J connectivity index is 1.18. The Labute approximate surface area is 288 Å². The van der Waals surface area contributed by atoms with Crippen LogP contribution in [-0.2, 0) is 0 Å². The predicted molar refractivity (Wildman–Crippen MR) is 203 cm³/mol. The van der Waals surface area contributed by atoms with E-state index in [1.165, 1.54) is 0 Å². The van der Waals surface area contributed by atoms with Crippen LogP contribution in [0.3, 0.4) is 0 Å². The first-order valence-corrected chi connectivity index (χ1v) is 16.2. The summed E-state index contributed by atoms with van der Waals surface area (Å²) in [5, 5.41) is 13.9. The van der Waals surface area contributed by atoms with E-state index >= 15 is 0 Å². The second-order valence-corrected chi connectivity index (χ2v) is 12.3. The summed E-state index contributed by atoms with van der Waals surface area (Å²) in [6.07, 6.45) is 0. The van der Waals surface area contributed by atoms with E-state index in [9.17, 15) is 5.26 Å². The molecular weight excluding hydrogens is 611 g/mol. The van der Waals surface area contributed by atoms with E-state index in [1.54, 1.807) is 0 Å². The highest BCUT2D eigenvalue weighted by Crippen LogP contribution is 2.40. The molecule has 0 spiro atoms. The van der Waals surface area contributed by atoms with Gasteiger partial charge in [0.15, 0.2) is 5.69 Å². The first-order valence-electron chi connectivity index (χ1n) is 16.2. The Morgan fingerprint density at radius 1 is 0.500 bits per heavy atom. The molecule has 0 aliphatic carbocycles. The molecule has 2 aromatic heterocycles. The molecule has 9 rings (SSSR count). The van der Waals surface area contributed by atoms with Crippen LogP contribution in [0.4, 0.5) is 11.4 Å². The van der Waals surface area contributed by atoms with Gasteiger partial charge in [0.1, 0.15) is 0 Å². The molecular formula is C45H25N5. The molecule has 2 heterocycles. The number of aromatic nitrogens is 2. The summed E-state index contributed by atoms with van der Waals surface area (Å²) in [7, 11) is 0. The molecule has 0 amide bonds. The molecule has 230 valence electrons. The van der Waals surface area contributed by atoms with Crippen LogP contribution >= 0.6 is 0 Å². The van der Waals surface area contributed by atoms with Crippen molar-refractivity contribution in [1.82, 2.24) is 9.13 Å². The summed E-state index contributed by atoms with van der Waals surface area (Å²) >= 11 is 0. The standard InChI is InChI=1S/C45H25N5/c1-47-33-20-23-35(44(27-33)50-42-16-6-4-12-37(42)39-25-29(28-46)17-24-43(39)50)32-10-7-9-31(26-32)30-18-21-34(22-19-30)49-41-15-5-3-11-36(41)38-13-8-14-40(48-2)45(38)49/h3-27H. The summed E-state index contributed by atoms with van der Waals surface area (Å²) in [5.41, 5.74) is 11.8. The average Bonchev–Trinajstić information content (AvgIpc) is 3.70. The smallest absolute Gasteiger partial charge is 0.211 e. The summed E-state index contributed by atoms with van der Waals surface area (Å²) in [6.45, 7) is 15.7. The lowest BCUT2D eigenvalue weighted by Crippen LogP contribution is -1.97. The quantitative estimate of drug-likeness (QED) is 0.177. The molecule has 5 heteroatoms. The van der Waals surface area contributed by atoms with E-state index in [1.807, 2.05) is 72.8 Å². The van der Waals surface area contributed by atoms with Crippen LogP contribution in [-0.4, -0.2) is 9.13 Å². The molecule has 0 saturated heterocycles. The Morgan fingerprint density at radius 2 is 1.18 bits per heavy atom. The molecule has 0 atom stereocenters. The molecule has 50 heavy (non-hydrogen) atoms. The zero-order valence-corrected chi connectivity index (χ0v) is 26.7. The maximum Gasteiger partial charge on any atom is 0.211 e. The van der Waals surface area contributed by atoms with Crippen molar-refractivity contribution < 1.29 is 0 Å². The number of nitriles is 1. The lowest BCUT2D eigenvalue weighted by molar-refractivity contribution is 1.18. The summed E-state index contributed by atoms with van der Waals surface area (Å²) in [5.74, 6) is 0. The van der Waals surface area contributed by atoms with Gasteiger partial charge in [0.05, 0.1) is 46.8 Å². The molecule has 0 saturated carbocycles. The maximum absolute atomic E-state index is 9.64. The minimum Gasteiger partial charge on any atom is -0.319 e. The normalized spacial score (nSPS) is 11.1. The summed E-state index contributed by atoms with van der Waals surface area (Å²) in [6, 6.07) is 53.4. The van der Waals surface area contributed by atoms with Crippen LogP contribution in [0.2, 0.25) is 0 Å². The first kappa shape index (κ1) is 28.8. The van der Waals surface area contributed by atoms with Gasteiger partial charge in [0.2, 0.25) is 5.69 Å². The molecule has 9 aromatic rings. The Bertz CT molecular complexity index is 2960. The highest BCUT2D eigenvalue weighted by molar-refractivity contribution is 6.13. The molecule has 0 N–H and O–H groups in total. The van der Waals surface area contributed by atoms with Crippen molar-refractivity contribution in [2.24, 2.45) is 0 Å². The van der Waals surface area contributed by atoms with Gasteiger partial charge < -0.3 is 9.13 Å². The third kappa shape index (κ3) is 4.38. The minimum atomic E-state index is 0.557. The lowest BCUT2D eigenvalue weighted by Gasteiger charge is -2.16. The average molecular weight is 636 g/mol. The summed E-state index contributed by atoms with van der Waals surface area (Å²) < 4.78 is 4.40. The number of nitrogens with zero attached hydrogens (tertiary/aromatic N) is 5. The van der Waals surface area contributed by atoms with Gasteiger partial charge in [0, 0.05) is 33.1 Å². The Kier molecular flexibility index (Phi) is 6.56. The zero-order valence-electron chi connectivity index (χ0n) is 26.7. The zero-order chi connectivity index (χ0) is 33.8. The molecule has 7 aromatic carbocycles. The fourth-order valence-corrected chi connectivity index (χ4v) is 7.35. The van der Waals surface area contributed by atoms with Gasteiger partial charge in [-0.2, -0.15) is 5.26 Å². The van der Waals surface area contributed by atoms with E-state index < -0.39 is 0 Å². The molecule has 0 aliphatic rings. The maximum atomic E-state index is 9.64. The second-order valence-electron chi connectivity index (χ2n) is 12.3. The Hall–Kier alpha value is -7.39. The van der Waals surface area contributed by atoms with Crippen molar-refractivity contribution in [2.75, 3.05) is 0 Å². The van der Waals surface area contributed by atoms with Gasteiger partial charge in [-0.05, 0) is 76.7 Å². The highest BCUT2D eigenvalue weighted by atomic mass is 15.0. The van der Waals surface area contributed by atoms with Crippen LogP contribution < -0.4 is 0 Å². The second kappa shape index (κ2) is 11.4. The predicted octanol–water partition coefficient (Wildman–Crippen LogP) is 12.2. The van der Waals surface area contributed by atoms with E-state index in [2.05, 4.69) is 104 Å². The van der Waals surface area contributed by atoms with Crippen molar-refractivity contribution in [3.05, 3.63) is 180 Å². The number of benzene rings is 7. The van der Waals surface area contributed by atoms with Crippen molar-refractivity contribution in [3.63, 3.8) is 0 Å². The fraction of sp³-hybridized carbons (Fsp3) is 0. The molecule has 0 aliphatic heterocycles. The van der Waals surface area contributed by atoms with Gasteiger partial charge in [-0.25, -0.2) is 9.69 Å². The van der Waals surface area contributed by atoms with E-state index in [4.69, 9.17) is 13.1 Å². The molecule has 0 fully saturated rings. The number of fused-ring (bicyclic) bond motifs is 6. The van der Waals surface area contributed by atoms with Crippen molar-refractivity contribution in [2.45, 2.75) is 0 Å².